The Bertz CT molecular complexity index is 556. The summed E-state index contributed by atoms with van der Waals surface area (Å²) in [4.78, 5) is 0. The van der Waals surface area contributed by atoms with Gasteiger partial charge >= 0.3 is 0 Å². The third kappa shape index (κ3) is 3.14. The molecule has 0 saturated carbocycles. The Morgan fingerprint density at radius 2 is 1.82 bits per heavy atom. The zero-order valence-electron chi connectivity index (χ0n) is 8.38. The van der Waals surface area contributed by atoms with Crippen LogP contribution in [0.25, 0.3) is 0 Å². The summed E-state index contributed by atoms with van der Waals surface area (Å²) < 4.78 is 3.03. The van der Waals surface area contributed by atoms with Crippen molar-refractivity contribution >= 4 is 70.7 Å². The Morgan fingerprint density at radius 1 is 1.12 bits per heavy atom. The highest BCUT2D eigenvalue weighted by molar-refractivity contribution is 9.12. The van der Waals surface area contributed by atoms with Gasteiger partial charge in [0.15, 0.2) is 0 Å². The summed E-state index contributed by atoms with van der Waals surface area (Å²) in [5, 5.41) is 0.676. The van der Waals surface area contributed by atoms with E-state index < -0.39 is 0 Å². The maximum atomic E-state index is 6.25. The Balaban J connectivity index is 2.46. The average molecular weight is 460 g/mol. The molecule has 0 aliphatic rings. The molecule has 0 spiro atoms. The lowest BCUT2D eigenvalue weighted by Gasteiger charge is -2.13. The van der Waals surface area contributed by atoms with E-state index in [9.17, 15) is 0 Å². The molecule has 0 amide bonds. The molecule has 0 bridgehead atoms. The van der Waals surface area contributed by atoms with Gasteiger partial charge in [0.05, 0.1) is 13.6 Å². The SMILES string of the molecule is NC(c1cc(Br)ccc1Cl)c1cc(Br)sc1Br. The quantitative estimate of drug-likeness (QED) is 0.608. The second-order valence-electron chi connectivity index (χ2n) is 3.42. The molecule has 0 radical (unpaired) electrons. The first-order valence-electron chi connectivity index (χ1n) is 4.64. The normalized spacial score (nSPS) is 12.8. The molecule has 6 heteroatoms. The van der Waals surface area contributed by atoms with E-state index in [0.29, 0.717) is 5.02 Å². The maximum absolute atomic E-state index is 6.25. The van der Waals surface area contributed by atoms with Crippen molar-refractivity contribution in [2.45, 2.75) is 6.04 Å². The van der Waals surface area contributed by atoms with Crippen molar-refractivity contribution in [3.8, 4) is 0 Å². The molecule has 17 heavy (non-hydrogen) atoms. The number of rotatable bonds is 2. The molecule has 2 rings (SSSR count). The van der Waals surface area contributed by atoms with Crippen LogP contribution >= 0.6 is 70.7 Å². The van der Waals surface area contributed by atoms with Gasteiger partial charge in [0.25, 0.3) is 0 Å². The van der Waals surface area contributed by atoms with Gasteiger partial charge in [-0.1, -0.05) is 27.5 Å². The van der Waals surface area contributed by atoms with Gasteiger partial charge in [0.2, 0.25) is 0 Å². The number of benzene rings is 1. The number of thiophene rings is 1. The molecule has 0 fully saturated rings. The minimum absolute atomic E-state index is 0.239. The minimum Gasteiger partial charge on any atom is -0.320 e. The standard InChI is InChI=1S/C11H7Br3ClNS/c12-5-1-2-8(15)6(3-5)10(16)7-4-9(13)17-11(7)14/h1-4,10H,16H2. The Labute approximate surface area is 134 Å². The zero-order chi connectivity index (χ0) is 12.6. The van der Waals surface area contributed by atoms with Crippen LogP contribution in [-0.2, 0) is 0 Å². The smallest absolute Gasteiger partial charge is 0.0761 e. The van der Waals surface area contributed by atoms with Gasteiger partial charge in [-0.15, -0.1) is 11.3 Å². The highest BCUT2D eigenvalue weighted by Crippen LogP contribution is 2.38. The number of hydrogen-bond acceptors (Lipinski definition) is 2. The Kier molecular flexibility index (Phi) is 4.72. The zero-order valence-corrected chi connectivity index (χ0v) is 14.7. The van der Waals surface area contributed by atoms with Crippen LogP contribution in [0.2, 0.25) is 5.02 Å². The minimum atomic E-state index is -0.239. The fourth-order valence-electron chi connectivity index (χ4n) is 1.49. The van der Waals surface area contributed by atoms with E-state index in [2.05, 4.69) is 47.8 Å². The lowest BCUT2D eigenvalue weighted by atomic mass is 10.0. The molecule has 1 heterocycles. The van der Waals surface area contributed by atoms with E-state index >= 15 is 0 Å². The lowest BCUT2D eigenvalue weighted by Crippen LogP contribution is -2.12. The summed E-state index contributed by atoms with van der Waals surface area (Å²) in [6.45, 7) is 0. The molecule has 1 atom stereocenters. The third-order valence-corrected chi connectivity index (χ3v) is 5.53. The first kappa shape index (κ1) is 14.0. The van der Waals surface area contributed by atoms with Crippen LogP contribution in [-0.4, -0.2) is 0 Å². The van der Waals surface area contributed by atoms with Crippen molar-refractivity contribution in [1.29, 1.82) is 0 Å². The highest BCUT2D eigenvalue weighted by atomic mass is 79.9. The van der Waals surface area contributed by atoms with Gasteiger partial charge in [-0.3, -0.25) is 0 Å². The number of hydrogen-bond donors (Lipinski definition) is 1. The topological polar surface area (TPSA) is 26.0 Å². The monoisotopic (exact) mass is 457 g/mol. The van der Waals surface area contributed by atoms with Crippen LogP contribution in [0.5, 0.6) is 0 Å². The van der Waals surface area contributed by atoms with Gasteiger partial charge in [0, 0.05) is 9.50 Å². The Hall–Kier alpha value is 0.610. The van der Waals surface area contributed by atoms with Gasteiger partial charge in [-0.25, -0.2) is 0 Å². The van der Waals surface area contributed by atoms with Crippen LogP contribution in [0.3, 0.4) is 0 Å². The van der Waals surface area contributed by atoms with Gasteiger partial charge in [0.1, 0.15) is 0 Å². The Morgan fingerprint density at radius 3 is 2.41 bits per heavy atom. The molecule has 1 nitrogen and oxygen atoms in total. The molecule has 1 aromatic heterocycles. The van der Waals surface area contributed by atoms with E-state index in [4.69, 9.17) is 17.3 Å². The summed E-state index contributed by atoms with van der Waals surface area (Å²) in [6, 6.07) is 7.46. The molecular weight excluding hydrogens is 453 g/mol. The molecule has 1 unspecified atom stereocenters. The van der Waals surface area contributed by atoms with Crippen LogP contribution in [0.1, 0.15) is 17.2 Å². The second-order valence-corrected chi connectivity index (χ2v) is 8.50. The number of nitrogens with two attached hydrogens (primary N) is 1. The van der Waals surface area contributed by atoms with E-state index in [1.165, 1.54) is 0 Å². The maximum Gasteiger partial charge on any atom is 0.0761 e. The molecule has 0 aliphatic carbocycles. The second kappa shape index (κ2) is 5.72. The summed E-state index contributed by atoms with van der Waals surface area (Å²) >= 11 is 18.2. The summed E-state index contributed by atoms with van der Waals surface area (Å²) in [5.74, 6) is 0. The van der Waals surface area contributed by atoms with Crippen molar-refractivity contribution in [3.63, 3.8) is 0 Å². The highest BCUT2D eigenvalue weighted by Gasteiger charge is 2.17. The van der Waals surface area contributed by atoms with Gasteiger partial charge in [-0.05, 0) is 67.3 Å². The molecule has 2 N–H and O–H groups in total. The van der Waals surface area contributed by atoms with E-state index in [1.807, 2.05) is 24.3 Å². The van der Waals surface area contributed by atoms with E-state index in [1.54, 1.807) is 11.3 Å². The molecule has 2 aromatic rings. The predicted molar refractivity (Wildman–Crippen MR) is 84.9 cm³/mol. The van der Waals surface area contributed by atoms with Crippen molar-refractivity contribution in [3.05, 3.63) is 52.5 Å². The van der Waals surface area contributed by atoms with Crippen molar-refractivity contribution < 1.29 is 0 Å². The van der Waals surface area contributed by atoms with Gasteiger partial charge in [-0.2, -0.15) is 0 Å². The van der Waals surface area contributed by atoms with Crippen LogP contribution in [0.15, 0.2) is 36.3 Å². The molecule has 0 saturated heterocycles. The summed E-state index contributed by atoms with van der Waals surface area (Å²) in [7, 11) is 0. The third-order valence-electron chi connectivity index (χ3n) is 2.31. The molecule has 1 aromatic carbocycles. The van der Waals surface area contributed by atoms with Crippen molar-refractivity contribution in [2.75, 3.05) is 0 Å². The van der Waals surface area contributed by atoms with Crippen molar-refractivity contribution in [1.82, 2.24) is 0 Å². The predicted octanol–water partition coefficient (Wildman–Crippen LogP) is 5.74. The fourth-order valence-corrected chi connectivity index (χ4v) is 5.03. The van der Waals surface area contributed by atoms with Gasteiger partial charge < -0.3 is 5.73 Å². The molecule has 90 valence electrons. The first-order chi connectivity index (χ1) is 7.99. The fraction of sp³-hybridized carbons (Fsp3) is 0.0909. The van der Waals surface area contributed by atoms with Crippen LogP contribution in [0.4, 0.5) is 0 Å². The average Bonchev–Trinajstić information content (AvgIpc) is 2.60. The van der Waals surface area contributed by atoms with E-state index in [-0.39, 0.29) is 6.04 Å². The number of halogens is 4. The summed E-state index contributed by atoms with van der Waals surface area (Å²) in [6.07, 6.45) is 0. The van der Waals surface area contributed by atoms with Crippen LogP contribution < -0.4 is 5.73 Å². The largest absolute Gasteiger partial charge is 0.320 e. The van der Waals surface area contributed by atoms with Crippen molar-refractivity contribution in [2.24, 2.45) is 5.73 Å². The molecule has 0 aliphatic heterocycles. The van der Waals surface area contributed by atoms with E-state index in [0.717, 1.165) is 23.2 Å². The van der Waals surface area contributed by atoms with Crippen LogP contribution in [0, 0.1) is 0 Å². The molecular formula is C11H7Br3ClNS. The summed E-state index contributed by atoms with van der Waals surface area (Å²) in [5.41, 5.74) is 8.19. The lowest BCUT2D eigenvalue weighted by molar-refractivity contribution is 0.871. The first-order valence-corrected chi connectivity index (χ1v) is 8.21.